The Hall–Kier alpha value is -3.37. The molecule has 0 radical (unpaired) electrons. The molecule has 0 unspecified atom stereocenters. The van der Waals surface area contributed by atoms with Gasteiger partial charge in [-0.1, -0.05) is 12.1 Å². The number of aromatic nitrogens is 3. The highest BCUT2D eigenvalue weighted by Gasteiger charge is 2.34. The summed E-state index contributed by atoms with van der Waals surface area (Å²) in [6.07, 6.45) is 3.16. The molecular formula is C25H25F3N6S. The van der Waals surface area contributed by atoms with E-state index in [-0.39, 0.29) is 5.69 Å². The average Bonchev–Trinajstić information content (AvgIpc) is 3.63. The van der Waals surface area contributed by atoms with Crippen molar-refractivity contribution < 1.29 is 13.2 Å². The maximum atomic E-state index is 13.8. The molecule has 0 atom stereocenters. The number of hydrogen-bond donors (Lipinski definition) is 2. The van der Waals surface area contributed by atoms with Crippen LogP contribution in [-0.2, 0) is 6.18 Å². The molecular weight excluding hydrogens is 473 g/mol. The first-order chi connectivity index (χ1) is 17.0. The minimum Gasteiger partial charge on any atom is -0.384 e. The number of thiazole rings is 1. The van der Waals surface area contributed by atoms with Gasteiger partial charge in [0.15, 0.2) is 5.13 Å². The van der Waals surface area contributed by atoms with Crippen molar-refractivity contribution in [3.8, 4) is 16.9 Å². The summed E-state index contributed by atoms with van der Waals surface area (Å²) in [4.78, 5) is 10.9. The van der Waals surface area contributed by atoms with Gasteiger partial charge in [-0.15, -0.1) is 11.3 Å². The quantitative estimate of drug-likeness (QED) is 0.300. The van der Waals surface area contributed by atoms with Gasteiger partial charge in [-0.25, -0.2) is 9.97 Å². The summed E-state index contributed by atoms with van der Waals surface area (Å²) in [6, 6.07) is 12.0. The Balaban J connectivity index is 1.28. The standard InChI is InChI=1S/C25H25F3N6S/c26-25(27,28)21-15-19(30-10-13-33-11-1-2-12-33)5-8-22(21)31-24-32-23(16-35-24)18-3-6-20(7-4-18)34-14-9-29-17-34/h3-9,14-17,30H,1-2,10-13H2,(H,31,32). The number of anilines is 3. The highest BCUT2D eigenvalue weighted by Crippen LogP contribution is 2.38. The van der Waals surface area contributed by atoms with Crippen LogP contribution < -0.4 is 10.6 Å². The summed E-state index contributed by atoms with van der Waals surface area (Å²) in [6.45, 7) is 3.55. The number of nitrogens with one attached hydrogen (secondary N) is 2. The fourth-order valence-corrected chi connectivity index (χ4v) is 4.89. The molecule has 10 heteroatoms. The van der Waals surface area contributed by atoms with E-state index in [1.807, 2.05) is 40.4 Å². The van der Waals surface area contributed by atoms with Crippen LogP contribution in [0.5, 0.6) is 0 Å². The van der Waals surface area contributed by atoms with Crippen LogP contribution in [0.4, 0.5) is 29.7 Å². The van der Waals surface area contributed by atoms with Crippen molar-refractivity contribution in [2.24, 2.45) is 0 Å². The zero-order valence-corrected chi connectivity index (χ0v) is 19.7. The smallest absolute Gasteiger partial charge is 0.384 e. The Bertz CT molecular complexity index is 1250. The summed E-state index contributed by atoms with van der Waals surface area (Å²) in [5.41, 5.74) is 2.27. The molecule has 0 bridgehead atoms. The molecule has 4 aromatic rings. The van der Waals surface area contributed by atoms with Crippen LogP contribution >= 0.6 is 11.3 Å². The van der Waals surface area contributed by atoms with E-state index in [1.165, 1.54) is 30.2 Å². The minimum absolute atomic E-state index is 0.0149. The minimum atomic E-state index is -4.49. The zero-order chi connectivity index (χ0) is 24.3. The summed E-state index contributed by atoms with van der Waals surface area (Å²) >= 11 is 1.27. The van der Waals surface area contributed by atoms with Crippen LogP contribution in [-0.4, -0.2) is 45.6 Å². The van der Waals surface area contributed by atoms with Crippen molar-refractivity contribution in [2.45, 2.75) is 19.0 Å². The first-order valence-electron chi connectivity index (χ1n) is 11.4. The number of benzene rings is 2. The molecule has 2 aromatic carbocycles. The molecule has 6 nitrogen and oxygen atoms in total. The topological polar surface area (TPSA) is 58.0 Å². The molecule has 1 fully saturated rings. The molecule has 35 heavy (non-hydrogen) atoms. The van der Waals surface area contributed by atoms with Crippen molar-refractivity contribution in [3.05, 3.63) is 72.1 Å². The molecule has 182 valence electrons. The average molecular weight is 499 g/mol. The zero-order valence-electron chi connectivity index (χ0n) is 18.9. The fourth-order valence-electron chi connectivity index (χ4n) is 4.16. The van der Waals surface area contributed by atoms with E-state index in [1.54, 1.807) is 18.6 Å². The van der Waals surface area contributed by atoms with E-state index in [0.29, 0.717) is 23.1 Å². The number of alkyl halides is 3. The van der Waals surface area contributed by atoms with E-state index < -0.39 is 11.7 Å². The van der Waals surface area contributed by atoms with Crippen LogP contribution in [0.25, 0.3) is 16.9 Å². The maximum Gasteiger partial charge on any atom is 0.418 e. The highest BCUT2D eigenvalue weighted by atomic mass is 32.1. The number of halogens is 3. The molecule has 1 aliphatic rings. The van der Waals surface area contributed by atoms with Gasteiger partial charge < -0.3 is 20.1 Å². The molecule has 1 saturated heterocycles. The summed E-state index contributed by atoms with van der Waals surface area (Å²) in [7, 11) is 0. The second kappa shape index (κ2) is 10.1. The number of hydrogen-bond acceptors (Lipinski definition) is 6. The van der Waals surface area contributed by atoms with E-state index >= 15 is 0 Å². The molecule has 0 spiro atoms. The van der Waals surface area contributed by atoms with Gasteiger partial charge >= 0.3 is 6.18 Å². The monoisotopic (exact) mass is 498 g/mol. The van der Waals surface area contributed by atoms with Crippen molar-refractivity contribution in [3.63, 3.8) is 0 Å². The first-order valence-corrected chi connectivity index (χ1v) is 12.3. The van der Waals surface area contributed by atoms with Gasteiger partial charge in [-0.3, -0.25) is 0 Å². The molecule has 0 aliphatic carbocycles. The van der Waals surface area contributed by atoms with Crippen LogP contribution in [0.1, 0.15) is 18.4 Å². The highest BCUT2D eigenvalue weighted by molar-refractivity contribution is 7.14. The number of likely N-dealkylation sites (tertiary alicyclic amines) is 1. The molecule has 2 aromatic heterocycles. The Labute approximate surface area is 205 Å². The van der Waals surface area contributed by atoms with Crippen molar-refractivity contribution in [1.82, 2.24) is 19.4 Å². The Kier molecular flexibility index (Phi) is 6.74. The molecule has 2 N–H and O–H groups in total. The Morgan fingerprint density at radius 2 is 1.83 bits per heavy atom. The fraction of sp³-hybridized carbons (Fsp3) is 0.280. The van der Waals surface area contributed by atoms with Gasteiger partial charge in [0.05, 0.1) is 23.3 Å². The molecule has 1 aliphatic heterocycles. The summed E-state index contributed by atoms with van der Waals surface area (Å²) < 4.78 is 43.4. The van der Waals surface area contributed by atoms with E-state index in [2.05, 4.69) is 25.5 Å². The van der Waals surface area contributed by atoms with Gasteiger partial charge in [-0.2, -0.15) is 13.2 Å². The maximum absolute atomic E-state index is 13.8. The van der Waals surface area contributed by atoms with Gasteiger partial charge in [0.2, 0.25) is 0 Å². The first kappa shape index (κ1) is 23.4. The molecule has 5 rings (SSSR count). The number of nitrogens with zero attached hydrogens (tertiary/aromatic N) is 4. The van der Waals surface area contributed by atoms with E-state index in [9.17, 15) is 13.2 Å². The lowest BCUT2D eigenvalue weighted by Gasteiger charge is -2.18. The third-order valence-electron chi connectivity index (χ3n) is 5.99. The van der Waals surface area contributed by atoms with Crippen LogP contribution in [0.2, 0.25) is 0 Å². The van der Waals surface area contributed by atoms with Crippen molar-refractivity contribution >= 4 is 27.8 Å². The predicted octanol–water partition coefficient (Wildman–Crippen LogP) is 6.27. The molecule has 3 heterocycles. The molecule has 0 saturated carbocycles. The van der Waals surface area contributed by atoms with Crippen LogP contribution in [0.3, 0.4) is 0 Å². The normalized spacial score (nSPS) is 14.4. The largest absolute Gasteiger partial charge is 0.418 e. The van der Waals surface area contributed by atoms with Gasteiger partial charge in [0.25, 0.3) is 0 Å². The summed E-state index contributed by atoms with van der Waals surface area (Å²) in [5, 5.41) is 8.23. The lowest BCUT2D eigenvalue weighted by molar-refractivity contribution is -0.136. The van der Waals surface area contributed by atoms with Gasteiger partial charge in [-0.05, 0) is 56.3 Å². The number of rotatable bonds is 8. The second-order valence-corrected chi connectivity index (χ2v) is 9.27. The third kappa shape index (κ3) is 5.66. The van der Waals surface area contributed by atoms with E-state index in [4.69, 9.17) is 0 Å². The predicted molar refractivity (Wildman–Crippen MR) is 134 cm³/mol. The SMILES string of the molecule is FC(F)(F)c1cc(NCCN2CCCC2)ccc1Nc1nc(-c2ccc(-n3ccnc3)cc2)cs1. The van der Waals surface area contributed by atoms with Gasteiger partial charge in [0, 0.05) is 47.8 Å². The van der Waals surface area contributed by atoms with Crippen LogP contribution in [0, 0.1) is 0 Å². The Morgan fingerprint density at radius 3 is 2.54 bits per heavy atom. The van der Waals surface area contributed by atoms with Crippen molar-refractivity contribution in [1.29, 1.82) is 0 Å². The van der Waals surface area contributed by atoms with Crippen LogP contribution in [0.15, 0.2) is 66.6 Å². The van der Waals surface area contributed by atoms with Gasteiger partial charge in [0.1, 0.15) is 0 Å². The molecule has 0 amide bonds. The summed E-state index contributed by atoms with van der Waals surface area (Å²) in [5.74, 6) is 0. The van der Waals surface area contributed by atoms with E-state index in [0.717, 1.165) is 37.0 Å². The van der Waals surface area contributed by atoms with Crippen molar-refractivity contribution in [2.75, 3.05) is 36.8 Å². The number of imidazole rings is 1. The lowest BCUT2D eigenvalue weighted by atomic mass is 10.1. The third-order valence-corrected chi connectivity index (χ3v) is 6.75. The Morgan fingerprint density at radius 1 is 1.03 bits per heavy atom. The lowest BCUT2D eigenvalue weighted by Crippen LogP contribution is -2.26. The second-order valence-electron chi connectivity index (χ2n) is 8.41.